The van der Waals surface area contributed by atoms with Crippen LogP contribution in [0.3, 0.4) is 0 Å². The van der Waals surface area contributed by atoms with Gasteiger partial charge in [0, 0.05) is 47.4 Å². The SMILES string of the molecule is O=C(O)C(C1CCN(C(=O)/C=C/c2cc(F)cc(F)c2)CC1)N1CCC(c2c[nH]c3cc(Cl)ccc23)CC1. The number of hydrogen-bond acceptors (Lipinski definition) is 3. The number of carboxylic acids is 1. The van der Waals surface area contributed by atoms with Crippen molar-refractivity contribution in [2.45, 2.75) is 37.6 Å². The summed E-state index contributed by atoms with van der Waals surface area (Å²) < 4.78 is 26.8. The first kappa shape index (κ1) is 26.4. The second-order valence-electron chi connectivity index (χ2n) is 10.2. The molecule has 2 saturated heterocycles. The Morgan fingerprint density at radius 1 is 1.00 bits per heavy atom. The maximum absolute atomic E-state index is 13.4. The van der Waals surface area contributed by atoms with Crippen LogP contribution in [0.4, 0.5) is 8.78 Å². The van der Waals surface area contributed by atoms with Crippen molar-refractivity contribution in [3.8, 4) is 0 Å². The van der Waals surface area contributed by atoms with Crippen molar-refractivity contribution in [2.75, 3.05) is 26.2 Å². The number of carboxylic acid groups (broad SMARTS) is 1. The lowest BCUT2D eigenvalue weighted by Crippen LogP contribution is -2.52. The van der Waals surface area contributed by atoms with E-state index >= 15 is 0 Å². The van der Waals surface area contributed by atoms with Crippen molar-refractivity contribution in [1.29, 1.82) is 0 Å². The number of benzene rings is 2. The lowest BCUT2D eigenvalue weighted by molar-refractivity contribution is -0.147. The second kappa shape index (κ2) is 11.3. The Balaban J connectivity index is 1.17. The van der Waals surface area contributed by atoms with Gasteiger partial charge in [-0.15, -0.1) is 0 Å². The van der Waals surface area contributed by atoms with Gasteiger partial charge in [-0.2, -0.15) is 0 Å². The molecule has 0 bridgehead atoms. The van der Waals surface area contributed by atoms with E-state index in [4.69, 9.17) is 11.6 Å². The zero-order valence-corrected chi connectivity index (χ0v) is 21.6. The number of carbonyl (C=O) groups is 2. The highest BCUT2D eigenvalue weighted by molar-refractivity contribution is 6.31. The van der Waals surface area contributed by atoms with E-state index in [1.165, 1.54) is 17.7 Å². The van der Waals surface area contributed by atoms with Gasteiger partial charge >= 0.3 is 5.97 Å². The summed E-state index contributed by atoms with van der Waals surface area (Å²) in [6.07, 6.45) is 7.69. The molecule has 3 heterocycles. The van der Waals surface area contributed by atoms with Crippen LogP contribution in [0.15, 0.2) is 48.7 Å². The minimum absolute atomic E-state index is 0.0513. The molecule has 200 valence electrons. The summed E-state index contributed by atoms with van der Waals surface area (Å²) in [5.74, 6) is -2.16. The number of nitrogens with zero attached hydrogens (tertiary/aromatic N) is 2. The number of likely N-dealkylation sites (tertiary alicyclic amines) is 2. The number of H-pyrrole nitrogens is 1. The van der Waals surface area contributed by atoms with E-state index < -0.39 is 23.6 Å². The summed E-state index contributed by atoms with van der Waals surface area (Å²) in [5, 5.41) is 12.0. The first-order valence-corrected chi connectivity index (χ1v) is 13.3. The predicted molar refractivity (Wildman–Crippen MR) is 143 cm³/mol. The van der Waals surface area contributed by atoms with Crippen molar-refractivity contribution in [1.82, 2.24) is 14.8 Å². The third-order valence-corrected chi connectivity index (χ3v) is 8.13. The maximum atomic E-state index is 13.4. The molecule has 0 aliphatic carbocycles. The number of amides is 1. The van der Waals surface area contributed by atoms with Gasteiger partial charge in [0.05, 0.1) is 0 Å². The Labute approximate surface area is 224 Å². The minimum Gasteiger partial charge on any atom is -0.480 e. The molecule has 1 atom stereocenters. The van der Waals surface area contributed by atoms with Gasteiger partial charge in [0.15, 0.2) is 0 Å². The van der Waals surface area contributed by atoms with Crippen molar-refractivity contribution < 1.29 is 23.5 Å². The molecule has 0 radical (unpaired) electrons. The van der Waals surface area contributed by atoms with E-state index in [1.54, 1.807) is 4.90 Å². The molecule has 1 unspecified atom stereocenters. The molecule has 0 saturated carbocycles. The van der Waals surface area contributed by atoms with Crippen LogP contribution in [0, 0.1) is 17.6 Å². The van der Waals surface area contributed by atoms with Crippen molar-refractivity contribution in [3.05, 3.63) is 76.5 Å². The highest BCUT2D eigenvalue weighted by Crippen LogP contribution is 2.36. The molecular weight excluding hydrogens is 512 g/mol. The lowest BCUT2D eigenvalue weighted by Gasteiger charge is -2.41. The van der Waals surface area contributed by atoms with Gasteiger partial charge in [-0.05, 0) is 92.1 Å². The molecule has 2 N–H and O–H groups in total. The van der Waals surface area contributed by atoms with Crippen molar-refractivity contribution >= 4 is 40.5 Å². The predicted octanol–water partition coefficient (Wildman–Crippen LogP) is 5.68. The first-order valence-electron chi connectivity index (χ1n) is 12.9. The summed E-state index contributed by atoms with van der Waals surface area (Å²) in [6.45, 7) is 2.30. The number of piperidine rings is 2. The number of aromatic nitrogens is 1. The monoisotopic (exact) mass is 541 g/mol. The molecular formula is C29H30ClF2N3O3. The number of rotatable bonds is 6. The number of fused-ring (bicyclic) bond motifs is 1. The highest BCUT2D eigenvalue weighted by atomic mass is 35.5. The molecule has 2 aliphatic heterocycles. The molecule has 38 heavy (non-hydrogen) atoms. The van der Waals surface area contributed by atoms with Gasteiger partial charge in [-0.3, -0.25) is 14.5 Å². The average molecular weight is 542 g/mol. The average Bonchev–Trinajstić information content (AvgIpc) is 3.30. The number of nitrogens with one attached hydrogen (secondary N) is 1. The fourth-order valence-electron chi connectivity index (χ4n) is 5.98. The van der Waals surface area contributed by atoms with E-state index in [-0.39, 0.29) is 17.4 Å². The van der Waals surface area contributed by atoms with Crippen LogP contribution in [0.5, 0.6) is 0 Å². The number of hydrogen-bond donors (Lipinski definition) is 2. The van der Waals surface area contributed by atoms with Crippen molar-refractivity contribution in [2.24, 2.45) is 5.92 Å². The van der Waals surface area contributed by atoms with Gasteiger partial charge in [0.1, 0.15) is 17.7 Å². The lowest BCUT2D eigenvalue weighted by atomic mass is 9.84. The van der Waals surface area contributed by atoms with Crippen LogP contribution < -0.4 is 0 Å². The Morgan fingerprint density at radius 2 is 1.68 bits per heavy atom. The largest absolute Gasteiger partial charge is 0.480 e. The fraction of sp³-hybridized carbons (Fsp3) is 0.379. The van der Waals surface area contributed by atoms with E-state index in [9.17, 15) is 23.5 Å². The van der Waals surface area contributed by atoms with Gasteiger partial charge in [0.25, 0.3) is 0 Å². The molecule has 2 aromatic carbocycles. The van der Waals surface area contributed by atoms with Gasteiger partial charge in [0.2, 0.25) is 5.91 Å². The van der Waals surface area contributed by atoms with E-state index in [1.807, 2.05) is 24.4 Å². The Morgan fingerprint density at radius 3 is 2.34 bits per heavy atom. The minimum atomic E-state index is -0.817. The van der Waals surface area contributed by atoms with Gasteiger partial charge in [-0.1, -0.05) is 17.7 Å². The third-order valence-electron chi connectivity index (χ3n) is 7.89. The Bertz CT molecular complexity index is 1340. The highest BCUT2D eigenvalue weighted by Gasteiger charge is 2.38. The topological polar surface area (TPSA) is 76.6 Å². The molecule has 9 heteroatoms. The molecule has 2 aliphatic rings. The second-order valence-corrected chi connectivity index (χ2v) is 10.7. The van der Waals surface area contributed by atoms with E-state index in [0.29, 0.717) is 50.0 Å². The number of aromatic amines is 1. The molecule has 6 nitrogen and oxygen atoms in total. The Kier molecular flexibility index (Phi) is 7.81. The first-order chi connectivity index (χ1) is 18.3. The van der Waals surface area contributed by atoms with Crippen LogP contribution in [0.25, 0.3) is 17.0 Å². The third kappa shape index (κ3) is 5.76. The summed E-state index contributed by atoms with van der Waals surface area (Å²) in [5.41, 5.74) is 2.54. The van der Waals surface area contributed by atoms with Gasteiger partial charge < -0.3 is 15.0 Å². The molecule has 1 aromatic heterocycles. The summed E-state index contributed by atoms with van der Waals surface area (Å²) in [7, 11) is 0. The Hall–Kier alpha value is -3.23. The summed E-state index contributed by atoms with van der Waals surface area (Å²) in [4.78, 5) is 32.0. The number of aliphatic carboxylic acids is 1. The smallest absolute Gasteiger partial charge is 0.321 e. The number of halogens is 3. The van der Waals surface area contributed by atoms with Crippen LogP contribution in [0.1, 0.15) is 42.7 Å². The van der Waals surface area contributed by atoms with E-state index in [2.05, 4.69) is 9.88 Å². The summed E-state index contributed by atoms with van der Waals surface area (Å²) >= 11 is 6.12. The van der Waals surface area contributed by atoms with E-state index in [0.717, 1.165) is 41.9 Å². The molecule has 2 fully saturated rings. The zero-order chi connectivity index (χ0) is 26.8. The fourth-order valence-corrected chi connectivity index (χ4v) is 6.16. The summed E-state index contributed by atoms with van der Waals surface area (Å²) in [6, 6.07) is 8.37. The van der Waals surface area contributed by atoms with Crippen LogP contribution in [-0.2, 0) is 9.59 Å². The normalized spacial score (nSPS) is 18.9. The van der Waals surface area contributed by atoms with Gasteiger partial charge in [-0.25, -0.2) is 8.78 Å². The molecule has 3 aromatic rings. The molecule has 1 amide bonds. The van der Waals surface area contributed by atoms with Crippen molar-refractivity contribution in [3.63, 3.8) is 0 Å². The molecule has 5 rings (SSSR count). The molecule has 0 spiro atoms. The number of carbonyl (C=O) groups excluding carboxylic acids is 1. The van der Waals surface area contributed by atoms with Crippen LogP contribution in [-0.4, -0.2) is 64.0 Å². The quantitative estimate of drug-likeness (QED) is 0.393. The standard InChI is InChI=1S/C29H30ClF2N3O3/c30-21-2-3-24-25(17-33-26(24)15-21)19-5-11-35(12-6-19)28(29(37)38)20-7-9-34(10-8-20)27(36)4-1-18-13-22(31)16-23(32)14-18/h1-4,13-17,19-20,28,33H,5-12H2,(H,37,38)/b4-1+. The zero-order valence-electron chi connectivity index (χ0n) is 20.9. The van der Waals surface area contributed by atoms with Crippen LogP contribution >= 0.6 is 11.6 Å². The van der Waals surface area contributed by atoms with Crippen LogP contribution in [0.2, 0.25) is 5.02 Å². The maximum Gasteiger partial charge on any atom is 0.321 e.